The Morgan fingerprint density at radius 2 is 2.16 bits per heavy atom. The molecule has 7 heteroatoms. The molecule has 0 radical (unpaired) electrons. The molecule has 0 atom stereocenters. The van der Waals surface area contributed by atoms with Crippen molar-refractivity contribution in [3.8, 4) is 5.82 Å². The van der Waals surface area contributed by atoms with Crippen LogP contribution >= 0.6 is 11.3 Å². The minimum atomic E-state index is -0.192. The van der Waals surface area contributed by atoms with Crippen LogP contribution in [0, 0.1) is 6.92 Å². The van der Waals surface area contributed by atoms with Crippen LogP contribution in [0.3, 0.4) is 0 Å². The Kier molecular flexibility index (Phi) is 4.94. The van der Waals surface area contributed by atoms with E-state index in [2.05, 4.69) is 27.3 Å². The summed E-state index contributed by atoms with van der Waals surface area (Å²) in [4.78, 5) is 22.7. The summed E-state index contributed by atoms with van der Waals surface area (Å²) in [6.45, 7) is 8.15. The van der Waals surface area contributed by atoms with Gasteiger partial charge in [0.2, 0.25) is 0 Å². The molecule has 0 fully saturated rings. The number of amides is 1. The molecule has 1 amide bonds. The summed E-state index contributed by atoms with van der Waals surface area (Å²) in [5.41, 5.74) is 2.40. The molecule has 1 N–H and O–H groups in total. The summed E-state index contributed by atoms with van der Waals surface area (Å²) in [6, 6.07) is 5.63. The highest BCUT2D eigenvalue weighted by molar-refractivity contribution is 7.15. The molecule has 3 rings (SSSR count). The van der Waals surface area contributed by atoms with Gasteiger partial charge in [0.1, 0.15) is 0 Å². The van der Waals surface area contributed by atoms with E-state index < -0.39 is 0 Å². The molecular weight excluding hydrogens is 334 g/mol. The highest BCUT2D eigenvalue weighted by Gasteiger charge is 2.22. The molecule has 0 saturated heterocycles. The lowest BCUT2D eigenvalue weighted by Crippen LogP contribution is -2.15. The van der Waals surface area contributed by atoms with E-state index in [9.17, 15) is 4.79 Å². The van der Waals surface area contributed by atoms with Gasteiger partial charge >= 0.3 is 0 Å². The number of carbonyl (C=O) groups excluding carboxylic acids is 1. The van der Waals surface area contributed by atoms with Gasteiger partial charge in [0, 0.05) is 11.1 Å². The number of nitrogens with zero attached hydrogens (tertiary/aromatic N) is 4. The predicted octanol–water partition coefficient (Wildman–Crippen LogP) is 3.97. The smallest absolute Gasteiger partial charge is 0.260 e. The molecule has 3 heterocycles. The highest BCUT2D eigenvalue weighted by atomic mass is 32.1. The number of anilines is 1. The standard InChI is InChI=1S/C18H21N5OS/c1-5-14-12(4)25-18(21-14)22-17(24)13-10-20-23(16(13)11(2)3)15-8-6-7-9-19-15/h6-11H,5H2,1-4H3,(H,21,22,24). The van der Waals surface area contributed by atoms with Gasteiger partial charge < -0.3 is 0 Å². The van der Waals surface area contributed by atoms with Gasteiger partial charge in [-0.1, -0.05) is 26.8 Å². The fraction of sp³-hybridized carbons (Fsp3) is 0.333. The number of aryl methyl sites for hydroxylation is 2. The number of hydrogen-bond acceptors (Lipinski definition) is 5. The summed E-state index contributed by atoms with van der Waals surface area (Å²) in [5, 5.41) is 7.92. The first-order valence-electron chi connectivity index (χ1n) is 8.28. The zero-order valence-electron chi connectivity index (χ0n) is 14.8. The van der Waals surface area contributed by atoms with Gasteiger partial charge in [0.15, 0.2) is 10.9 Å². The van der Waals surface area contributed by atoms with E-state index in [1.165, 1.54) is 11.3 Å². The predicted molar refractivity (Wildman–Crippen MR) is 99.6 cm³/mol. The van der Waals surface area contributed by atoms with Crippen molar-refractivity contribution in [1.82, 2.24) is 19.7 Å². The number of hydrogen-bond donors (Lipinski definition) is 1. The molecule has 0 aromatic carbocycles. The van der Waals surface area contributed by atoms with Crippen molar-refractivity contribution in [3.63, 3.8) is 0 Å². The van der Waals surface area contributed by atoms with Crippen LogP contribution in [-0.2, 0) is 6.42 Å². The van der Waals surface area contributed by atoms with E-state index in [0.717, 1.165) is 22.7 Å². The van der Waals surface area contributed by atoms with Gasteiger partial charge in [-0.3, -0.25) is 10.1 Å². The van der Waals surface area contributed by atoms with Gasteiger partial charge in [0.25, 0.3) is 5.91 Å². The first-order chi connectivity index (χ1) is 12.0. The fourth-order valence-corrected chi connectivity index (χ4v) is 3.62. The Hall–Kier alpha value is -2.54. The molecule has 0 saturated carbocycles. The maximum absolute atomic E-state index is 12.8. The molecule has 3 aromatic rings. The summed E-state index contributed by atoms with van der Waals surface area (Å²) in [5.74, 6) is 0.625. The second-order valence-corrected chi connectivity index (χ2v) is 7.23. The number of nitrogens with one attached hydrogen (secondary N) is 1. The van der Waals surface area contributed by atoms with E-state index in [1.54, 1.807) is 17.1 Å². The maximum Gasteiger partial charge on any atom is 0.260 e. The van der Waals surface area contributed by atoms with Gasteiger partial charge in [0.05, 0.1) is 23.1 Å². The number of rotatable bonds is 5. The minimum absolute atomic E-state index is 0.120. The average molecular weight is 355 g/mol. The summed E-state index contributed by atoms with van der Waals surface area (Å²) >= 11 is 1.50. The van der Waals surface area contributed by atoms with Crippen molar-refractivity contribution in [2.75, 3.05) is 5.32 Å². The van der Waals surface area contributed by atoms with Crippen LogP contribution < -0.4 is 5.32 Å². The second-order valence-electron chi connectivity index (χ2n) is 6.03. The topological polar surface area (TPSA) is 72.7 Å². The lowest BCUT2D eigenvalue weighted by molar-refractivity contribution is 0.102. The van der Waals surface area contributed by atoms with Crippen LogP contribution in [-0.4, -0.2) is 25.7 Å². The lowest BCUT2D eigenvalue weighted by atomic mass is 10.1. The Morgan fingerprint density at radius 3 is 2.76 bits per heavy atom. The van der Waals surface area contributed by atoms with E-state index in [0.29, 0.717) is 16.5 Å². The van der Waals surface area contributed by atoms with Crippen LogP contribution in [0.25, 0.3) is 5.82 Å². The first kappa shape index (κ1) is 17.3. The van der Waals surface area contributed by atoms with E-state index >= 15 is 0 Å². The Morgan fingerprint density at radius 1 is 1.36 bits per heavy atom. The van der Waals surface area contributed by atoms with Gasteiger partial charge in [-0.25, -0.2) is 14.6 Å². The molecule has 0 aliphatic carbocycles. The highest BCUT2D eigenvalue weighted by Crippen LogP contribution is 2.26. The van der Waals surface area contributed by atoms with E-state index in [1.807, 2.05) is 39.0 Å². The molecule has 3 aromatic heterocycles. The third-order valence-corrected chi connectivity index (χ3v) is 4.84. The van der Waals surface area contributed by atoms with Crippen LogP contribution in [0.4, 0.5) is 5.13 Å². The molecular formula is C18H21N5OS. The third-order valence-electron chi connectivity index (χ3n) is 3.91. The maximum atomic E-state index is 12.8. The van der Waals surface area contributed by atoms with Crippen LogP contribution in [0.15, 0.2) is 30.6 Å². The van der Waals surface area contributed by atoms with E-state index in [-0.39, 0.29) is 11.8 Å². The zero-order chi connectivity index (χ0) is 18.0. The Balaban J connectivity index is 1.93. The normalized spacial score (nSPS) is 11.1. The van der Waals surface area contributed by atoms with Gasteiger partial charge in [-0.2, -0.15) is 5.10 Å². The zero-order valence-corrected chi connectivity index (χ0v) is 15.6. The largest absolute Gasteiger partial charge is 0.298 e. The first-order valence-corrected chi connectivity index (χ1v) is 9.09. The molecule has 6 nitrogen and oxygen atoms in total. The third kappa shape index (κ3) is 3.46. The van der Waals surface area contributed by atoms with Crippen LogP contribution in [0.5, 0.6) is 0 Å². The molecule has 0 unspecified atom stereocenters. The van der Waals surface area contributed by atoms with E-state index in [4.69, 9.17) is 0 Å². The molecule has 25 heavy (non-hydrogen) atoms. The number of pyridine rings is 1. The summed E-state index contributed by atoms with van der Waals surface area (Å²) in [7, 11) is 0. The van der Waals surface area contributed by atoms with Crippen molar-refractivity contribution in [2.45, 2.75) is 40.0 Å². The van der Waals surface area contributed by atoms with Crippen molar-refractivity contribution >= 4 is 22.4 Å². The van der Waals surface area contributed by atoms with Crippen molar-refractivity contribution < 1.29 is 4.79 Å². The second kappa shape index (κ2) is 7.14. The van der Waals surface area contributed by atoms with Crippen LogP contribution in [0.1, 0.15) is 53.3 Å². The Labute approximate surface area is 150 Å². The molecule has 0 aliphatic heterocycles. The van der Waals surface area contributed by atoms with Crippen LogP contribution in [0.2, 0.25) is 0 Å². The Bertz CT molecular complexity index is 882. The number of thiazole rings is 1. The molecule has 0 bridgehead atoms. The van der Waals surface area contributed by atoms with Gasteiger partial charge in [-0.05, 0) is 31.4 Å². The van der Waals surface area contributed by atoms with Gasteiger partial charge in [-0.15, -0.1) is 11.3 Å². The monoisotopic (exact) mass is 355 g/mol. The molecule has 130 valence electrons. The minimum Gasteiger partial charge on any atom is -0.298 e. The van der Waals surface area contributed by atoms with Crippen molar-refractivity contribution in [2.24, 2.45) is 0 Å². The van der Waals surface area contributed by atoms with Crippen molar-refractivity contribution in [3.05, 3.63) is 52.4 Å². The van der Waals surface area contributed by atoms with Crippen molar-refractivity contribution in [1.29, 1.82) is 0 Å². The average Bonchev–Trinajstić information content (AvgIpc) is 3.19. The quantitative estimate of drug-likeness (QED) is 0.751. The number of carbonyl (C=O) groups is 1. The molecule has 0 spiro atoms. The fourth-order valence-electron chi connectivity index (χ4n) is 2.72. The molecule has 0 aliphatic rings. The summed E-state index contributed by atoms with van der Waals surface area (Å²) in [6.07, 6.45) is 4.17. The number of aromatic nitrogens is 4. The summed E-state index contributed by atoms with van der Waals surface area (Å²) < 4.78 is 1.73. The SMILES string of the molecule is CCc1nc(NC(=O)c2cnn(-c3ccccn3)c2C(C)C)sc1C. The lowest BCUT2D eigenvalue weighted by Gasteiger charge is -2.11.